The van der Waals surface area contributed by atoms with E-state index in [1.807, 2.05) is 60.5 Å². The number of hydrogen-bond acceptors (Lipinski definition) is 4. The van der Waals surface area contributed by atoms with Gasteiger partial charge in [-0.2, -0.15) is 0 Å². The molecule has 0 bridgehead atoms. The molecule has 3 fully saturated rings. The van der Waals surface area contributed by atoms with Crippen LogP contribution < -0.4 is 15.5 Å². The molecule has 2 aromatic rings. The minimum Gasteiger partial charge on any atom is -0.367 e. The number of urea groups is 1. The maximum absolute atomic E-state index is 13.8. The molecule has 0 aromatic heterocycles. The smallest absolute Gasteiger partial charge is 0.317 e. The monoisotopic (exact) mass is 531 g/mol. The van der Waals surface area contributed by atoms with E-state index < -0.39 is 0 Å². The normalized spacial score (nSPS) is 18.3. The van der Waals surface area contributed by atoms with Gasteiger partial charge in [-0.15, -0.1) is 0 Å². The second-order valence-electron chi connectivity index (χ2n) is 11.3. The molecule has 8 heteroatoms. The fraction of sp³-hybridized carbons (Fsp3) is 0.516. The molecule has 0 atom stereocenters. The van der Waals surface area contributed by atoms with Crippen LogP contribution in [0.15, 0.2) is 48.5 Å². The number of hydrogen-bond donors (Lipinski definition) is 2. The number of nitrogens with zero attached hydrogens (tertiary/aromatic N) is 3. The second-order valence-corrected chi connectivity index (χ2v) is 11.3. The molecule has 2 N–H and O–H groups in total. The van der Waals surface area contributed by atoms with E-state index in [1.165, 1.54) is 19.3 Å². The molecule has 1 heterocycles. The van der Waals surface area contributed by atoms with Gasteiger partial charge in [0.2, 0.25) is 5.91 Å². The molecule has 0 spiro atoms. The number of anilines is 2. The summed E-state index contributed by atoms with van der Waals surface area (Å²) in [4.78, 5) is 45.1. The molecule has 2 saturated carbocycles. The van der Waals surface area contributed by atoms with Crippen molar-refractivity contribution < 1.29 is 14.4 Å². The predicted molar refractivity (Wildman–Crippen MR) is 154 cm³/mol. The summed E-state index contributed by atoms with van der Waals surface area (Å²) in [5.41, 5.74) is 3.12. The largest absolute Gasteiger partial charge is 0.367 e. The molecule has 1 aliphatic heterocycles. The van der Waals surface area contributed by atoms with Gasteiger partial charge in [-0.1, -0.05) is 56.0 Å². The van der Waals surface area contributed by atoms with Crippen LogP contribution >= 0.6 is 0 Å². The van der Waals surface area contributed by atoms with Crippen molar-refractivity contribution >= 4 is 29.2 Å². The lowest BCUT2D eigenvalue weighted by Crippen LogP contribution is -2.54. The summed E-state index contributed by atoms with van der Waals surface area (Å²) in [6.45, 7) is 2.99. The van der Waals surface area contributed by atoms with Crippen LogP contribution in [0, 0.1) is 5.92 Å². The average Bonchev–Trinajstić information content (AvgIpc) is 2.93. The minimum atomic E-state index is -0.0916. The van der Waals surface area contributed by atoms with Crippen LogP contribution in [0.3, 0.4) is 0 Å². The highest BCUT2D eigenvalue weighted by Crippen LogP contribution is 2.30. The van der Waals surface area contributed by atoms with Gasteiger partial charge in [-0.05, 0) is 49.4 Å². The van der Waals surface area contributed by atoms with Crippen molar-refractivity contribution in [3.63, 3.8) is 0 Å². The Labute approximate surface area is 231 Å². The molecule has 39 heavy (non-hydrogen) atoms. The van der Waals surface area contributed by atoms with Crippen molar-refractivity contribution in [1.29, 1.82) is 0 Å². The van der Waals surface area contributed by atoms with Crippen LogP contribution in [-0.2, 0) is 11.3 Å². The van der Waals surface area contributed by atoms with Crippen molar-refractivity contribution in [2.45, 2.75) is 64.0 Å². The van der Waals surface area contributed by atoms with E-state index >= 15 is 0 Å². The summed E-state index contributed by atoms with van der Waals surface area (Å²) in [6.07, 6.45) is 8.71. The molecule has 0 radical (unpaired) electrons. The Balaban J connectivity index is 1.29. The van der Waals surface area contributed by atoms with Crippen LogP contribution in [0.2, 0.25) is 0 Å². The predicted octanol–water partition coefficient (Wildman–Crippen LogP) is 4.86. The molecular formula is C31H41N5O3. The summed E-state index contributed by atoms with van der Waals surface area (Å²) in [5, 5.41) is 6.25. The van der Waals surface area contributed by atoms with Gasteiger partial charge in [0, 0.05) is 63.1 Å². The first-order valence-electron chi connectivity index (χ1n) is 14.5. The van der Waals surface area contributed by atoms with Gasteiger partial charge in [0.05, 0.1) is 5.56 Å². The van der Waals surface area contributed by atoms with E-state index in [0.717, 1.165) is 43.4 Å². The van der Waals surface area contributed by atoms with Crippen LogP contribution in [0.25, 0.3) is 0 Å². The van der Waals surface area contributed by atoms with E-state index in [0.29, 0.717) is 44.0 Å². The van der Waals surface area contributed by atoms with Crippen molar-refractivity contribution in [1.82, 2.24) is 15.1 Å². The Hall–Kier alpha value is -3.55. The van der Waals surface area contributed by atoms with E-state index in [1.54, 1.807) is 4.90 Å². The maximum Gasteiger partial charge on any atom is 0.317 e. The zero-order valence-electron chi connectivity index (χ0n) is 23.0. The molecule has 208 valence electrons. The standard InChI is InChI=1S/C31H41N5O3/c1-34(22-23-9-4-2-5-10-23)30(38)27-21-26(32-29(37)24-11-8-12-24)15-16-28(27)35-17-19-36(20-18-35)31(39)33-25-13-6-3-7-14-25/h2,4-5,9-10,15-16,21,24-25H,3,6-8,11-14,17-20,22H2,1H3,(H,32,37)(H,33,39). The molecule has 2 aliphatic carbocycles. The van der Waals surface area contributed by atoms with Crippen LogP contribution in [0.5, 0.6) is 0 Å². The first kappa shape index (κ1) is 27.0. The quantitative estimate of drug-likeness (QED) is 0.534. The Morgan fingerprint density at radius 2 is 1.59 bits per heavy atom. The first-order valence-corrected chi connectivity index (χ1v) is 14.5. The van der Waals surface area contributed by atoms with Gasteiger partial charge in [0.15, 0.2) is 0 Å². The first-order chi connectivity index (χ1) is 19.0. The SMILES string of the molecule is CN(Cc1ccccc1)C(=O)c1cc(NC(=O)C2CCC2)ccc1N1CCN(C(=O)NC2CCCCC2)CC1. The van der Waals surface area contributed by atoms with E-state index in [9.17, 15) is 14.4 Å². The van der Waals surface area contributed by atoms with Crippen molar-refractivity contribution in [2.24, 2.45) is 5.92 Å². The number of nitrogens with one attached hydrogen (secondary N) is 2. The number of carbonyl (C=O) groups excluding carboxylic acids is 3. The fourth-order valence-electron chi connectivity index (χ4n) is 5.77. The Bertz CT molecular complexity index is 1150. The molecule has 3 aliphatic rings. The topological polar surface area (TPSA) is 85.0 Å². The van der Waals surface area contributed by atoms with E-state index in [-0.39, 0.29) is 29.8 Å². The minimum absolute atomic E-state index is 0.0227. The van der Waals surface area contributed by atoms with Crippen LogP contribution in [0.1, 0.15) is 67.3 Å². The van der Waals surface area contributed by atoms with Gasteiger partial charge in [-0.3, -0.25) is 9.59 Å². The van der Waals surface area contributed by atoms with Crippen LogP contribution in [-0.4, -0.2) is 66.9 Å². The Morgan fingerprint density at radius 1 is 0.872 bits per heavy atom. The van der Waals surface area contributed by atoms with Gasteiger partial charge >= 0.3 is 6.03 Å². The average molecular weight is 532 g/mol. The summed E-state index contributed by atoms with van der Waals surface area (Å²) in [7, 11) is 1.81. The summed E-state index contributed by atoms with van der Waals surface area (Å²) in [6, 6.07) is 15.9. The van der Waals surface area contributed by atoms with Gasteiger partial charge in [0.25, 0.3) is 5.91 Å². The summed E-state index contributed by atoms with van der Waals surface area (Å²) in [5.74, 6) is 0.00566. The van der Waals surface area contributed by atoms with Crippen molar-refractivity contribution in [3.8, 4) is 0 Å². The number of benzene rings is 2. The number of piperazine rings is 1. The van der Waals surface area contributed by atoms with Gasteiger partial charge in [0.1, 0.15) is 0 Å². The lowest BCUT2D eigenvalue weighted by Gasteiger charge is -2.38. The lowest BCUT2D eigenvalue weighted by molar-refractivity contribution is -0.122. The summed E-state index contributed by atoms with van der Waals surface area (Å²) >= 11 is 0. The zero-order valence-corrected chi connectivity index (χ0v) is 23.0. The molecule has 2 aromatic carbocycles. The molecule has 5 rings (SSSR count). The molecule has 8 nitrogen and oxygen atoms in total. The number of amides is 4. The van der Waals surface area contributed by atoms with E-state index in [4.69, 9.17) is 0 Å². The van der Waals surface area contributed by atoms with Crippen molar-refractivity contribution in [2.75, 3.05) is 43.4 Å². The van der Waals surface area contributed by atoms with E-state index in [2.05, 4.69) is 15.5 Å². The maximum atomic E-state index is 13.8. The third-order valence-electron chi connectivity index (χ3n) is 8.42. The third kappa shape index (κ3) is 6.72. The van der Waals surface area contributed by atoms with Crippen LogP contribution in [0.4, 0.5) is 16.2 Å². The molecule has 4 amide bonds. The van der Waals surface area contributed by atoms with Crippen molar-refractivity contribution in [3.05, 3.63) is 59.7 Å². The third-order valence-corrected chi connectivity index (χ3v) is 8.42. The Morgan fingerprint density at radius 3 is 2.26 bits per heavy atom. The summed E-state index contributed by atoms with van der Waals surface area (Å²) < 4.78 is 0. The molecular weight excluding hydrogens is 490 g/mol. The lowest BCUT2D eigenvalue weighted by atomic mass is 9.85. The molecule has 0 unspecified atom stereocenters. The highest BCUT2D eigenvalue weighted by atomic mass is 16.2. The van der Waals surface area contributed by atoms with Gasteiger partial charge < -0.3 is 25.3 Å². The highest BCUT2D eigenvalue weighted by molar-refractivity contribution is 6.02. The Kier molecular flexibility index (Phi) is 8.69. The fourth-order valence-corrected chi connectivity index (χ4v) is 5.77. The molecule has 1 saturated heterocycles. The second kappa shape index (κ2) is 12.5. The highest BCUT2D eigenvalue weighted by Gasteiger charge is 2.28. The zero-order chi connectivity index (χ0) is 27.2. The number of rotatable bonds is 7. The van der Waals surface area contributed by atoms with Gasteiger partial charge in [-0.25, -0.2) is 4.79 Å². The number of carbonyl (C=O) groups is 3.